The first-order valence-electron chi connectivity index (χ1n) is 10.4. The number of aromatic nitrogens is 1. The fraction of sp³-hybridized carbons (Fsp3) is 0.280. The number of benzene rings is 2. The Morgan fingerprint density at radius 1 is 0.903 bits per heavy atom. The number of carbonyl (C=O) groups is 2. The molecule has 0 atom stereocenters. The molecule has 0 aliphatic rings. The van der Waals surface area contributed by atoms with Crippen LogP contribution in [0.4, 0.5) is 4.39 Å². The lowest BCUT2D eigenvalue weighted by atomic mass is 10.2. The van der Waals surface area contributed by atoms with Gasteiger partial charge in [0, 0.05) is 31.4 Å². The Balaban J connectivity index is 1.73. The smallest absolute Gasteiger partial charge is 0.306 e. The molecule has 5 nitrogen and oxygen atoms in total. The van der Waals surface area contributed by atoms with Gasteiger partial charge in [0.15, 0.2) is 0 Å². The number of hydrogen-bond donors (Lipinski definition) is 0. The summed E-state index contributed by atoms with van der Waals surface area (Å²) in [6, 6.07) is 20.1. The molecule has 0 N–H and O–H groups in total. The van der Waals surface area contributed by atoms with Crippen molar-refractivity contribution in [3.63, 3.8) is 0 Å². The zero-order valence-corrected chi connectivity index (χ0v) is 17.7. The Labute approximate surface area is 182 Å². The van der Waals surface area contributed by atoms with Crippen LogP contribution in [0.15, 0.2) is 72.9 Å². The van der Waals surface area contributed by atoms with Crippen molar-refractivity contribution in [3.05, 3.63) is 95.6 Å². The van der Waals surface area contributed by atoms with E-state index in [1.165, 1.54) is 12.1 Å². The van der Waals surface area contributed by atoms with Crippen molar-refractivity contribution in [3.8, 4) is 0 Å². The minimum Gasteiger partial charge on any atom is -0.466 e. The van der Waals surface area contributed by atoms with Crippen molar-refractivity contribution in [1.29, 1.82) is 0 Å². The number of hydrogen-bond acceptors (Lipinski definition) is 3. The molecule has 1 heterocycles. The van der Waals surface area contributed by atoms with E-state index in [1.807, 2.05) is 53.2 Å². The van der Waals surface area contributed by atoms with Crippen LogP contribution in [-0.4, -0.2) is 28.0 Å². The third kappa shape index (κ3) is 6.81. The first kappa shape index (κ1) is 22.3. The highest BCUT2D eigenvalue weighted by Gasteiger charge is 2.18. The standard InChI is InChI=1S/C25H27FN2O3/c1-2-31-25(30)15-14-24(29)28(18-20-7-4-3-5-8-20)19-23-9-6-16-27(23)17-21-10-12-22(26)13-11-21/h3-13,16H,2,14-15,17-19H2,1H3. The van der Waals surface area contributed by atoms with Gasteiger partial charge in [0.1, 0.15) is 5.82 Å². The lowest BCUT2D eigenvalue weighted by Gasteiger charge is -2.24. The van der Waals surface area contributed by atoms with Crippen LogP contribution in [0.25, 0.3) is 0 Å². The molecule has 0 radical (unpaired) electrons. The largest absolute Gasteiger partial charge is 0.466 e. The second-order valence-corrected chi connectivity index (χ2v) is 7.29. The van der Waals surface area contributed by atoms with Gasteiger partial charge in [-0.15, -0.1) is 0 Å². The van der Waals surface area contributed by atoms with Crippen LogP contribution in [0.2, 0.25) is 0 Å². The molecule has 162 valence electrons. The Morgan fingerprint density at radius 2 is 1.65 bits per heavy atom. The maximum absolute atomic E-state index is 13.2. The van der Waals surface area contributed by atoms with E-state index in [0.29, 0.717) is 26.2 Å². The number of halogens is 1. The second-order valence-electron chi connectivity index (χ2n) is 7.29. The molecular weight excluding hydrogens is 395 g/mol. The Kier molecular flexibility index (Phi) is 7.98. The highest BCUT2D eigenvalue weighted by molar-refractivity contribution is 5.81. The summed E-state index contributed by atoms with van der Waals surface area (Å²) in [5.41, 5.74) is 2.95. The minimum atomic E-state index is -0.366. The van der Waals surface area contributed by atoms with Gasteiger partial charge in [-0.05, 0) is 42.3 Å². The quantitative estimate of drug-likeness (QED) is 0.451. The normalized spacial score (nSPS) is 10.6. The summed E-state index contributed by atoms with van der Waals surface area (Å²) < 4.78 is 20.2. The van der Waals surface area contributed by atoms with Gasteiger partial charge in [0.2, 0.25) is 5.91 Å². The van der Waals surface area contributed by atoms with Gasteiger partial charge in [-0.1, -0.05) is 42.5 Å². The zero-order chi connectivity index (χ0) is 22.1. The van der Waals surface area contributed by atoms with Crippen LogP contribution in [0.1, 0.15) is 36.6 Å². The summed E-state index contributed by atoms with van der Waals surface area (Å²) in [6.07, 6.45) is 2.11. The number of amides is 1. The molecule has 0 aliphatic carbocycles. The van der Waals surface area contributed by atoms with Crippen molar-refractivity contribution < 1.29 is 18.7 Å². The van der Waals surface area contributed by atoms with E-state index in [9.17, 15) is 14.0 Å². The average molecular weight is 423 g/mol. The highest BCUT2D eigenvalue weighted by atomic mass is 19.1. The molecule has 0 saturated carbocycles. The van der Waals surface area contributed by atoms with Gasteiger partial charge >= 0.3 is 5.97 Å². The molecule has 0 saturated heterocycles. The molecule has 0 unspecified atom stereocenters. The van der Waals surface area contributed by atoms with Crippen molar-refractivity contribution in [2.45, 2.75) is 39.4 Å². The molecule has 0 bridgehead atoms. The molecule has 6 heteroatoms. The second kappa shape index (κ2) is 11.1. The van der Waals surface area contributed by atoms with E-state index in [-0.39, 0.29) is 30.5 Å². The number of carbonyl (C=O) groups excluding carboxylic acids is 2. The fourth-order valence-electron chi connectivity index (χ4n) is 3.37. The van der Waals surface area contributed by atoms with E-state index in [0.717, 1.165) is 16.8 Å². The van der Waals surface area contributed by atoms with E-state index in [1.54, 1.807) is 24.0 Å². The molecule has 0 aliphatic heterocycles. The molecule has 3 aromatic rings. The minimum absolute atomic E-state index is 0.0640. The number of ether oxygens (including phenoxy) is 1. The van der Waals surface area contributed by atoms with Gasteiger partial charge in [0.05, 0.1) is 19.6 Å². The topological polar surface area (TPSA) is 51.5 Å². The Morgan fingerprint density at radius 3 is 2.35 bits per heavy atom. The molecular formula is C25H27FN2O3. The van der Waals surface area contributed by atoms with Crippen molar-refractivity contribution >= 4 is 11.9 Å². The van der Waals surface area contributed by atoms with E-state index in [2.05, 4.69) is 0 Å². The SMILES string of the molecule is CCOC(=O)CCC(=O)N(Cc1ccccc1)Cc1cccn1Cc1ccc(F)cc1. The first-order chi connectivity index (χ1) is 15.0. The molecule has 31 heavy (non-hydrogen) atoms. The molecule has 0 fully saturated rings. The number of rotatable bonds is 10. The Hall–Kier alpha value is -3.41. The van der Waals surface area contributed by atoms with Gasteiger partial charge < -0.3 is 14.2 Å². The molecule has 1 amide bonds. The van der Waals surface area contributed by atoms with Crippen LogP contribution >= 0.6 is 0 Å². The third-order valence-electron chi connectivity index (χ3n) is 4.96. The Bertz CT molecular complexity index is 984. The number of esters is 1. The van der Waals surface area contributed by atoms with Crippen LogP contribution in [0.3, 0.4) is 0 Å². The summed E-state index contributed by atoms with van der Waals surface area (Å²) in [5, 5.41) is 0. The van der Waals surface area contributed by atoms with Crippen molar-refractivity contribution in [1.82, 2.24) is 9.47 Å². The van der Waals surface area contributed by atoms with Gasteiger partial charge in [0.25, 0.3) is 0 Å². The lowest BCUT2D eigenvalue weighted by molar-refractivity contribution is -0.146. The predicted molar refractivity (Wildman–Crippen MR) is 116 cm³/mol. The predicted octanol–water partition coefficient (Wildman–Crippen LogP) is 4.55. The maximum Gasteiger partial charge on any atom is 0.306 e. The monoisotopic (exact) mass is 422 g/mol. The molecule has 0 spiro atoms. The third-order valence-corrected chi connectivity index (χ3v) is 4.96. The molecule has 3 rings (SSSR count). The van der Waals surface area contributed by atoms with Crippen molar-refractivity contribution in [2.75, 3.05) is 6.61 Å². The van der Waals surface area contributed by atoms with Gasteiger partial charge in [-0.25, -0.2) is 4.39 Å². The van der Waals surface area contributed by atoms with E-state index in [4.69, 9.17) is 4.74 Å². The van der Waals surface area contributed by atoms with E-state index >= 15 is 0 Å². The van der Waals surface area contributed by atoms with Crippen LogP contribution in [0.5, 0.6) is 0 Å². The zero-order valence-electron chi connectivity index (χ0n) is 17.7. The summed E-state index contributed by atoms with van der Waals surface area (Å²) >= 11 is 0. The van der Waals surface area contributed by atoms with E-state index < -0.39 is 0 Å². The average Bonchev–Trinajstić information content (AvgIpc) is 3.20. The van der Waals surface area contributed by atoms with Crippen LogP contribution in [0, 0.1) is 5.82 Å². The van der Waals surface area contributed by atoms with Gasteiger partial charge in [-0.2, -0.15) is 0 Å². The summed E-state index contributed by atoms with van der Waals surface area (Å²) in [7, 11) is 0. The van der Waals surface area contributed by atoms with Gasteiger partial charge in [-0.3, -0.25) is 9.59 Å². The summed E-state index contributed by atoms with van der Waals surface area (Å²) in [5.74, 6) is -0.737. The maximum atomic E-state index is 13.2. The highest BCUT2D eigenvalue weighted by Crippen LogP contribution is 2.15. The summed E-state index contributed by atoms with van der Waals surface area (Å²) in [4.78, 5) is 26.4. The summed E-state index contributed by atoms with van der Waals surface area (Å²) in [6.45, 7) is 3.49. The first-order valence-corrected chi connectivity index (χ1v) is 10.4. The van der Waals surface area contributed by atoms with Crippen molar-refractivity contribution in [2.24, 2.45) is 0 Å². The van der Waals surface area contributed by atoms with Crippen LogP contribution < -0.4 is 0 Å². The lowest BCUT2D eigenvalue weighted by Crippen LogP contribution is -2.31. The fourth-order valence-corrected chi connectivity index (χ4v) is 3.37. The molecule has 1 aromatic heterocycles. The number of nitrogens with zero attached hydrogens (tertiary/aromatic N) is 2. The van der Waals surface area contributed by atoms with Crippen LogP contribution in [-0.2, 0) is 34.0 Å². The molecule has 2 aromatic carbocycles.